The lowest BCUT2D eigenvalue weighted by molar-refractivity contribution is 0.441. The number of aromatic amines is 1. The molecule has 0 bridgehead atoms. The summed E-state index contributed by atoms with van der Waals surface area (Å²) in [7, 11) is 0. The Hall–Kier alpha value is -1.50. The molecule has 0 saturated carbocycles. The van der Waals surface area contributed by atoms with E-state index in [1.807, 2.05) is 6.92 Å². The van der Waals surface area contributed by atoms with Gasteiger partial charge in [-0.15, -0.1) is 0 Å². The van der Waals surface area contributed by atoms with Gasteiger partial charge in [0.2, 0.25) is 10.7 Å². The second-order valence-corrected chi connectivity index (χ2v) is 2.90. The molecule has 1 N–H and O–H groups in total. The van der Waals surface area contributed by atoms with Crippen molar-refractivity contribution < 1.29 is 4.42 Å². The normalized spacial score (nSPS) is 10.5. The van der Waals surface area contributed by atoms with Gasteiger partial charge in [0.05, 0.1) is 6.20 Å². The number of rotatable bonds is 2. The van der Waals surface area contributed by atoms with Crippen LogP contribution in [0.5, 0.6) is 0 Å². The highest BCUT2D eigenvalue weighted by molar-refractivity contribution is 7.71. The third kappa shape index (κ3) is 1.64. The van der Waals surface area contributed by atoms with E-state index >= 15 is 0 Å². The fraction of sp³-hybridized carbons (Fsp3) is 0.333. The molecule has 7 heteroatoms. The Morgan fingerprint density at radius 1 is 1.69 bits per heavy atom. The predicted octanol–water partition coefficient (Wildman–Crippen LogP) is 0.680. The van der Waals surface area contributed by atoms with E-state index in [9.17, 15) is 0 Å². The molecule has 13 heavy (non-hydrogen) atoms. The van der Waals surface area contributed by atoms with Crippen molar-refractivity contribution in [2.75, 3.05) is 0 Å². The Bertz CT molecular complexity index is 455. The van der Waals surface area contributed by atoms with E-state index in [2.05, 4.69) is 20.5 Å². The van der Waals surface area contributed by atoms with Gasteiger partial charge in [-0.2, -0.15) is 5.21 Å². The molecular formula is C6H7N5OS. The summed E-state index contributed by atoms with van der Waals surface area (Å²) in [5.74, 6) is 1.36. The SMILES string of the molecule is Cc1cnc(Cn2[nH]nnc2=S)o1. The van der Waals surface area contributed by atoms with Crippen molar-refractivity contribution in [2.45, 2.75) is 13.5 Å². The molecule has 2 aromatic rings. The molecule has 0 radical (unpaired) electrons. The van der Waals surface area contributed by atoms with Gasteiger partial charge < -0.3 is 4.42 Å². The summed E-state index contributed by atoms with van der Waals surface area (Å²) < 4.78 is 7.21. The third-order valence-corrected chi connectivity index (χ3v) is 1.80. The van der Waals surface area contributed by atoms with Crippen molar-refractivity contribution >= 4 is 12.2 Å². The van der Waals surface area contributed by atoms with Gasteiger partial charge >= 0.3 is 0 Å². The Morgan fingerprint density at radius 3 is 3.08 bits per heavy atom. The van der Waals surface area contributed by atoms with Crippen LogP contribution >= 0.6 is 12.2 Å². The first-order valence-corrected chi connectivity index (χ1v) is 4.06. The van der Waals surface area contributed by atoms with Gasteiger partial charge in [0.25, 0.3) is 0 Å². The molecule has 0 atom stereocenters. The molecule has 2 rings (SSSR count). The molecule has 0 fully saturated rings. The van der Waals surface area contributed by atoms with E-state index in [0.717, 1.165) is 5.76 Å². The quantitative estimate of drug-likeness (QED) is 0.717. The van der Waals surface area contributed by atoms with Crippen LogP contribution in [-0.4, -0.2) is 25.2 Å². The zero-order valence-electron chi connectivity index (χ0n) is 6.89. The van der Waals surface area contributed by atoms with Crippen LogP contribution in [0.15, 0.2) is 10.6 Å². The standard InChI is InChI=1S/C6H7N5OS/c1-4-2-7-5(12-4)3-11-6(13)8-9-10-11/h2H,3H2,1H3,(H,8,10,13). The number of tetrazole rings is 1. The third-order valence-electron chi connectivity index (χ3n) is 1.49. The van der Waals surface area contributed by atoms with Crippen molar-refractivity contribution in [3.8, 4) is 0 Å². The Labute approximate surface area is 78.6 Å². The van der Waals surface area contributed by atoms with Gasteiger partial charge in [-0.25, -0.2) is 9.67 Å². The minimum Gasteiger partial charge on any atom is -0.444 e. The van der Waals surface area contributed by atoms with Gasteiger partial charge in [-0.05, 0) is 19.1 Å². The molecule has 2 aromatic heterocycles. The average Bonchev–Trinajstić information content (AvgIpc) is 2.64. The maximum absolute atomic E-state index is 5.26. The number of aromatic nitrogens is 5. The zero-order chi connectivity index (χ0) is 9.26. The number of aryl methyl sites for hydroxylation is 1. The topological polar surface area (TPSA) is 72.5 Å². The summed E-state index contributed by atoms with van der Waals surface area (Å²) in [6.07, 6.45) is 1.66. The molecule has 0 aliphatic rings. The van der Waals surface area contributed by atoms with Crippen molar-refractivity contribution in [3.63, 3.8) is 0 Å². The van der Waals surface area contributed by atoms with Crippen LogP contribution in [0.25, 0.3) is 0 Å². The van der Waals surface area contributed by atoms with Crippen molar-refractivity contribution in [1.29, 1.82) is 0 Å². The highest BCUT2D eigenvalue weighted by Gasteiger charge is 2.02. The van der Waals surface area contributed by atoms with E-state index < -0.39 is 0 Å². The lowest BCUT2D eigenvalue weighted by atomic mass is 10.6. The van der Waals surface area contributed by atoms with Crippen LogP contribution in [0, 0.1) is 11.7 Å². The summed E-state index contributed by atoms with van der Waals surface area (Å²) in [5.41, 5.74) is 0. The molecule has 0 spiro atoms. The summed E-state index contributed by atoms with van der Waals surface area (Å²) >= 11 is 4.88. The zero-order valence-corrected chi connectivity index (χ0v) is 7.71. The molecule has 6 nitrogen and oxygen atoms in total. The molecule has 0 amide bonds. The first-order valence-electron chi connectivity index (χ1n) is 3.65. The number of H-pyrrole nitrogens is 1. The molecular weight excluding hydrogens is 190 g/mol. The molecule has 0 aliphatic heterocycles. The first kappa shape index (κ1) is 8.11. The minimum absolute atomic E-state index is 0.385. The van der Waals surface area contributed by atoms with Gasteiger partial charge in [-0.3, -0.25) is 0 Å². The Balaban J connectivity index is 2.24. The molecule has 0 saturated heterocycles. The average molecular weight is 197 g/mol. The summed E-state index contributed by atoms with van der Waals surface area (Å²) in [6, 6.07) is 0. The van der Waals surface area contributed by atoms with Gasteiger partial charge in [0, 0.05) is 0 Å². The van der Waals surface area contributed by atoms with E-state index in [-0.39, 0.29) is 0 Å². The van der Waals surface area contributed by atoms with Crippen LogP contribution in [0.1, 0.15) is 11.7 Å². The second-order valence-electron chi connectivity index (χ2n) is 2.53. The predicted molar refractivity (Wildman–Crippen MR) is 45.5 cm³/mol. The first-order chi connectivity index (χ1) is 6.25. The van der Waals surface area contributed by atoms with Crippen molar-refractivity contribution in [3.05, 3.63) is 22.6 Å². The maximum atomic E-state index is 5.26. The lowest BCUT2D eigenvalue weighted by Gasteiger charge is -1.93. The van der Waals surface area contributed by atoms with Crippen LogP contribution < -0.4 is 0 Å². The van der Waals surface area contributed by atoms with Crippen LogP contribution in [-0.2, 0) is 6.54 Å². The van der Waals surface area contributed by atoms with E-state index in [1.54, 1.807) is 10.9 Å². The van der Waals surface area contributed by atoms with Crippen LogP contribution in [0.3, 0.4) is 0 Å². The lowest BCUT2D eigenvalue weighted by Crippen LogP contribution is -2.02. The maximum Gasteiger partial charge on any atom is 0.238 e. The molecule has 0 aromatic carbocycles. The van der Waals surface area contributed by atoms with Gasteiger partial charge in [0.15, 0.2) is 0 Å². The number of nitrogens with one attached hydrogen (secondary N) is 1. The molecule has 0 aliphatic carbocycles. The minimum atomic E-state index is 0.385. The van der Waals surface area contributed by atoms with E-state index in [4.69, 9.17) is 16.6 Å². The molecule has 0 unspecified atom stereocenters. The molecule has 2 heterocycles. The molecule has 68 valence electrons. The van der Waals surface area contributed by atoms with Crippen LogP contribution in [0.2, 0.25) is 0 Å². The monoisotopic (exact) mass is 197 g/mol. The number of hydrogen-bond acceptors (Lipinski definition) is 5. The van der Waals surface area contributed by atoms with Crippen LogP contribution in [0.4, 0.5) is 0 Å². The van der Waals surface area contributed by atoms with Crippen molar-refractivity contribution in [1.82, 2.24) is 25.2 Å². The second kappa shape index (κ2) is 3.09. The smallest absolute Gasteiger partial charge is 0.238 e. The summed E-state index contributed by atoms with van der Waals surface area (Å²) in [5, 5.41) is 9.78. The largest absolute Gasteiger partial charge is 0.444 e. The fourth-order valence-electron chi connectivity index (χ4n) is 0.929. The summed E-state index contributed by atoms with van der Waals surface area (Å²) in [4.78, 5) is 4.02. The number of nitrogens with zero attached hydrogens (tertiary/aromatic N) is 4. The van der Waals surface area contributed by atoms with E-state index in [1.165, 1.54) is 0 Å². The highest BCUT2D eigenvalue weighted by atomic mass is 32.1. The van der Waals surface area contributed by atoms with Crippen molar-refractivity contribution in [2.24, 2.45) is 0 Å². The highest BCUT2D eigenvalue weighted by Crippen LogP contribution is 2.02. The fourth-order valence-corrected chi connectivity index (χ4v) is 1.07. The van der Waals surface area contributed by atoms with Gasteiger partial charge in [-0.1, -0.05) is 10.3 Å². The van der Waals surface area contributed by atoms with E-state index in [0.29, 0.717) is 17.2 Å². The number of oxazole rings is 1. The van der Waals surface area contributed by atoms with Gasteiger partial charge in [0.1, 0.15) is 12.3 Å². The Morgan fingerprint density at radius 2 is 2.54 bits per heavy atom. The Kier molecular flexibility index (Phi) is 1.93. The number of hydrogen-bond donors (Lipinski definition) is 1. The summed E-state index contributed by atoms with van der Waals surface area (Å²) in [6.45, 7) is 2.26.